The van der Waals surface area contributed by atoms with Crippen molar-refractivity contribution in [2.45, 2.75) is 63.0 Å². The zero-order valence-electron chi connectivity index (χ0n) is 20.7. The van der Waals surface area contributed by atoms with E-state index in [0.29, 0.717) is 25.7 Å². The van der Waals surface area contributed by atoms with Gasteiger partial charge in [0.15, 0.2) is 5.69 Å². The summed E-state index contributed by atoms with van der Waals surface area (Å²) in [6, 6.07) is 1.12. The second kappa shape index (κ2) is 12.1. The Hall–Kier alpha value is -2.48. The SMILES string of the molecule is Cn1nc(C(=O)NC[C@H]2CC[C@H](S(C)(=O)=O)CC2)c(Cl)c1-c1cnc(CCCC(F)(F)F)cc1OC(F)F. The van der Waals surface area contributed by atoms with Crippen molar-refractivity contribution in [1.29, 1.82) is 0 Å². The van der Waals surface area contributed by atoms with E-state index in [-0.39, 0.29) is 64.0 Å². The number of nitrogens with one attached hydrogen (secondary N) is 1. The molecule has 0 bridgehead atoms. The first-order chi connectivity index (χ1) is 17.7. The highest BCUT2D eigenvalue weighted by Crippen LogP contribution is 2.37. The fraction of sp³-hybridized carbons (Fsp3) is 0.609. The molecule has 2 heterocycles. The number of hydrogen-bond donors (Lipinski definition) is 1. The zero-order valence-corrected chi connectivity index (χ0v) is 22.3. The number of aromatic nitrogens is 3. The van der Waals surface area contributed by atoms with Crippen LogP contribution in [0.5, 0.6) is 5.75 Å². The van der Waals surface area contributed by atoms with Crippen molar-refractivity contribution in [3.8, 4) is 17.0 Å². The largest absolute Gasteiger partial charge is 0.434 e. The third-order valence-corrected chi connectivity index (χ3v) is 8.48. The van der Waals surface area contributed by atoms with Crippen molar-refractivity contribution in [2.24, 2.45) is 13.0 Å². The fourth-order valence-corrected chi connectivity index (χ4v) is 5.95. The first kappa shape index (κ1) is 30.1. The number of carbonyl (C=O) groups excluding carboxylic acids is 1. The van der Waals surface area contributed by atoms with Crippen molar-refractivity contribution >= 4 is 27.3 Å². The minimum Gasteiger partial charge on any atom is -0.434 e. The Morgan fingerprint density at radius 1 is 1.26 bits per heavy atom. The van der Waals surface area contributed by atoms with E-state index in [9.17, 15) is 35.2 Å². The molecule has 1 fully saturated rings. The fourth-order valence-electron chi connectivity index (χ4n) is 4.48. The van der Waals surface area contributed by atoms with Crippen LogP contribution in [0, 0.1) is 5.92 Å². The molecule has 8 nitrogen and oxygen atoms in total. The number of nitrogens with zero attached hydrogens (tertiary/aromatic N) is 3. The van der Waals surface area contributed by atoms with Crippen LogP contribution in [-0.4, -0.2) is 59.9 Å². The topological polar surface area (TPSA) is 103 Å². The summed E-state index contributed by atoms with van der Waals surface area (Å²) in [5, 5.41) is 6.33. The molecule has 0 spiro atoms. The van der Waals surface area contributed by atoms with Crippen LogP contribution in [0.4, 0.5) is 22.0 Å². The maximum absolute atomic E-state index is 13.1. The highest BCUT2D eigenvalue weighted by atomic mass is 35.5. The maximum Gasteiger partial charge on any atom is 0.389 e. The van der Waals surface area contributed by atoms with Crippen molar-refractivity contribution in [2.75, 3.05) is 12.8 Å². The number of halogens is 6. The van der Waals surface area contributed by atoms with E-state index in [2.05, 4.69) is 20.1 Å². The van der Waals surface area contributed by atoms with Crippen LogP contribution in [0.25, 0.3) is 11.3 Å². The van der Waals surface area contributed by atoms with Crippen molar-refractivity contribution in [3.63, 3.8) is 0 Å². The molecule has 1 aliphatic carbocycles. The molecular formula is C23H28ClF5N4O4S. The molecule has 15 heteroatoms. The van der Waals surface area contributed by atoms with Crippen LogP contribution < -0.4 is 10.1 Å². The minimum atomic E-state index is -4.35. The maximum atomic E-state index is 13.1. The summed E-state index contributed by atoms with van der Waals surface area (Å²) < 4.78 is 92.8. The van der Waals surface area contributed by atoms with Crippen LogP contribution in [0.3, 0.4) is 0 Å². The van der Waals surface area contributed by atoms with Crippen LogP contribution >= 0.6 is 11.6 Å². The van der Waals surface area contributed by atoms with Gasteiger partial charge in [0.05, 0.1) is 21.5 Å². The lowest BCUT2D eigenvalue weighted by molar-refractivity contribution is -0.135. The van der Waals surface area contributed by atoms with Gasteiger partial charge in [0.25, 0.3) is 5.91 Å². The molecule has 1 amide bonds. The van der Waals surface area contributed by atoms with Crippen molar-refractivity contribution in [3.05, 3.63) is 28.7 Å². The Morgan fingerprint density at radius 2 is 1.92 bits per heavy atom. The molecule has 2 aromatic rings. The molecule has 0 aliphatic heterocycles. The molecule has 3 rings (SSSR count). The lowest BCUT2D eigenvalue weighted by atomic mass is 9.89. The molecular weight excluding hydrogens is 559 g/mol. The second-order valence-corrected chi connectivity index (χ2v) is 12.0. The van der Waals surface area contributed by atoms with E-state index < -0.39 is 35.0 Å². The number of hydrogen-bond acceptors (Lipinski definition) is 6. The van der Waals surface area contributed by atoms with E-state index in [4.69, 9.17) is 11.6 Å². The third-order valence-electron chi connectivity index (χ3n) is 6.44. The van der Waals surface area contributed by atoms with Crippen LogP contribution in [-0.2, 0) is 23.3 Å². The predicted octanol–water partition coefficient (Wildman–Crippen LogP) is 4.96. The number of rotatable bonds is 10. The lowest BCUT2D eigenvalue weighted by Crippen LogP contribution is -2.34. The van der Waals surface area contributed by atoms with E-state index in [1.165, 1.54) is 18.0 Å². The molecule has 38 heavy (non-hydrogen) atoms. The first-order valence-corrected chi connectivity index (χ1v) is 14.2. The number of ether oxygens (including phenoxy) is 1. The molecule has 1 saturated carbocycles. The number of aryl methyl sites for hydroxylation is 2. The molecule has 1 aliphatic rings. The summed E-state index contributed by atoms with van der Waals surface area (Å²) in [7, 11) is -1.67. The summed E-state index contributed by atoms with van der Waals surface area (Å²) in [5.41, 5.74) is 0.0141. The number of pyridine rings is 1. The molecule has 212 valence electrons. The van der Waals surface area contributed by atoms with Crippen LogP contribution in [0.2, 0.25) is 5.02 Å². The number of alkyl halides is 5. The van der Waals surface area contributed by atoms with Gasteiger partial charge in [-0.25, -0.2) is 8.42 Å². The normalized spacial score (nSPS) is 18.6. The van der Waals surface area contributed by atoms with Gasteiger partial charge >= 0.3 is 12.8 Å². The van der Waals surface area contributed by atoms with Gasteiger partial charge in [-0.2, -0.15) is 27.1 Å². The van der Waals surface area contributed by atoms with Crippen molar-refractivity contribution < 1.29 is 39.9 Å². The van der Waals surface area contributed by atoms with Crippen LogP contribution in [0.15, 0.2) is 12.3 Å². The van der Waals surface area contributed by atoms with Gasteiger partial charge in [-0.1, -0.05) is 11.6 Å². The van der Waals surface area contributed by atoms with Gasteiger partial charge in [-0.3, -0.25) is 14.5 Å². The van der Waals surface area contributed by atoms with E-state index in [0.717, 1.165) is 12.3 Å². The van der Waals surface area contributed by atoms with Gasteiger partial charge in [0, 0.05) is 44.2 Å². The Balaban J connectivity index is 1.75. The van der Waals surface area contributed by atoms with Gasteiger partial charge < -0.3 is 10.1 Å². The highest BCUT2D eigenvalue weighted by Gasteiger charge is 2.30. The molecule has 2 aromatic heterocycles. The predicted molar refractivity (Wildman–Crippen MR) is 130 cm³/mol. The Morgan fingerprint density at radius 3 is 2.50 bits per heavy atom. The average molecular weight is 587 g/mol. The number of sulfone groups is 1. The highest BCUT2D eigenvalue weighted by molar-refractivity contribution is 7.91. The Bertz CT molecular complexity index is 1250. The lowest BCUT2D eigenvalue weighted by Gasteiger charge is -2.27. The molecule has 0 aromatic carbocycles. The van der Waals surface area contributed by atoms with E-state index in [1.807, 2.05) is 0 Å². The quantitative estimate of drug-likeness (QED) is 0.395. The summed E-state index contributed by atoms with van der Waals surface area (Å²) in [6.07, 6.45) is -1.14. The Labute approximate surface area is 221 Å². The molecule has 0 unspecified atom stereocenters. The summed E-state index contributed by atoms with van der Waals surface area (Å²) >= 11 is 6.43. The van der Waals surface area contributed by atoms with E-state index >= 15 is 0 Å². The average Bonchev–Trinajstić information content (AvgIpc) is 3.10. The Kier molecular flexibility index (Phi) is 9.61. The number of carbonyl (C=O) groups is 1. The van der Waals surface area contributed by atoms with Gasteiger partial charge in [-0.15, -0.1) is 0 Å². The van der Waals surface area contributed by atoms with Gasteiger partial charge in [-0.05, 0) is 44.4 Å². The van der Waals surface area contributed by atoms with Crippen LogP contribution in [0.1, 0.15) is 54.7 Å². The van der Waals surface area contributed by atoms with Crippen molar-refractivity contribution in [1.82, 2.24) is 20.1 Å². The molecule has 1 N–H and O–H groups in total. The third kappa shape index (κ3) is 8.01. The van der Waals surface area contributed by atoms with Gasteiger partial charge in [0.1, 0.15) is 15.6 Å². The smallest absolute Gasteiger partial charge is 0.389 e. The standard InChI is InChI=1S/C23H28ClF5N4O4S/c1-33-20(16-12-30-14(4-3-9-23(27,28)29)10-17(16)37-22(25)26)18(24)19(32-33)21(34)31-11-13-5-7-15(8-6-13)38(2,35)36/h10,12-13,15,22H,3-9,11H2,1-2H3,(H,31,34)/t13-,15-. The summed E-state index contributed by atoms with van der Waals surface area (Å²) in [6.45, 7) is -2.95. The monoisotopic (exact) mass is 586 g/mol. The second-order valence-electron chi connectivity index (χ2n) is 9.34. The minimum absolute atomic E-state index is 0.0111. The molecule has 0 radical (unpaired) electrons. The first-order valence-electron chi connectivity index (χ1n) is 11.9. The summed E-state index contributed by atoms with van der Waals surface area (Å²) in [4.78, 5) is 16.9. The summed E-state index contributed by atoms with van der Waals surface area (Å²) in [5.74, 6) is -0.884. The van der Waals surface area contributed by atoms with Gasteiger partial charge in [0.2, 0.25) is 0 Å². The van der Waals surface area contributed by atoms with E-state index in [1.54, 1.807) is 0 Å². The zero-order chi connectivity index (χ0) is 28.3. The number of amides is 1. The molecule has 0 atom stereocenters. The molecule has 0 saturated heterocycles.